The Hall–Kier alpha value is -2.46. The van der Waals surface area contributed by atoms with Crippen molar-refractivity contribution in [2.75, 3.05) is 17.5 Å². The number of nitrogens with zero attached hydrogens (tertiary/aromatic N) is 4. The van der Waals surface area contributed by atoms with Crippen LogP contribution in [0.4, 0.5) is 5.69 Å². The molecule has 8 nitrogen and oxygen atoms in total. The number of aryl methyl sites for hydroxylation is 2. The van der Waals surface area contributed by atoms with E-state index in [9.17, 15) is 13.2 Å². The molecular weight excluding hydrogens is 446 g/mol. The standard InChI is InChI=1S/C22H27N5O3S2/c1-13-10-16(15-7-8-15)23-20-12-17(24-27(13)20)19-6-4-5-9-26(19)22(28)21-18(11-14(2)31-21)25-32(3,29)30/h10-12,15,19,25H,4-9H2,1-3H3/t19-/m0/s1. The first-order valence-electron chi connectivity index (χ1n) is 11.0. The topological polar surface area (TPSA) is 96.7 Å². The molecule has 3 aromatic heterocycles. The lowest BCUT2D eigenvalue weighted by molar-refractivity contribution is 0.0612. The van der Waals surface area contributed by atoms with Gasteiger partial charge in [-0.2, -0.15) is 5.10 Å². The largest absolute Gasteiger partial charge is 0.329 e. The fourth-order valence-corrected chi connectivity index (χ4v) is 6.03. The van der Waals surface area contributed by atoms with E-state index in [4.69, 9.17) is 10.1 Å². The van der Waals surface area contributed by atoms with Gasteiger partial charge in [-0.25, -0.2) is 17.9 Å². The van der Waals surface area contributed by atoms with Crippen molar-refractivity contribution in [2.45, 2.75) is 57.9 Å². The summed E-state index contributed by atoms with van der Waals surface area (Å²) in [7, 11) is -3.48. The summed E-state index contributed by atoms with van der Waals surface area (Å²) in [6.45, 7) is 4.53. The second kappa shape index (κ2) is 7.84. The third-order valence-corrected chi connectivity index (χ3v) is 7.72. The van der Waals surface area contributed by atoms with Crippen LogP contribution in [0.3, 0.4) is 0 Å². The van der Waals surface area contributed by atoms with Crippen molar-refractivity contribution in [1.29, 1.82) is 0 Å². The number of fused-ring (bicyclic) bond motifs is 1. The Balaban J connectivity index is 1.50. The summed E-state index contributed by atoms with van der Waals surface area (Å²) in [5.41, 5.74) is 4.19. The second-order valence-corrected chi connectivity index (χ2v) is 11.9. The lowest BCUT2D eigenvalue weighted by Gasteiger charge is -2.34. The van der Waals surface area contributed by atoms with Crippen LogP contribution >= 0.6 is 11.3 Å². The van der Waals surface area contributed by atoms with Crippen molar-refractivity contribution in [3.05, 3.63) is 45.0 Å². The first-order valence-corrected chi connectivity index (χ1v) is 13.7. The summed E-state index contributed by atoms with van der Waals surface area (Å²) in [5, 5.41) is 4.82. The molecule has 4 heterocycles. The van der Waals surface area contributed by atoms with E-state index in [2.05, 4.69) is 10.8 Å². The number of anilines is 1. The Kier molecular flexibility index (Phi) is 5.24. The molecule has 0 bridgehead atoms. The Morgan fingerprint density at radius 2 is 1.91 bits per heavy atom. The van der Waals surface area contributed by atoms with E-state index >= 15 is 0 Å². The van der Waals surface area contributed by atoms with Gasteiger partial charge in [0.05, 0.1) is 23.7 Å². The number of likely N-dealkylation sites (tertiary alicyclic amines) is 1. The molecule has 1 aliphatic carbocycles. The van der Waals surface area contributed by atoms with Crippen molar-refractivity contribution in [3.8, 4) is 0 Å². The molecule has 0 spiro atoms. The highest BCUT2D eigenvalue weighted by Gasteiger charge is 2.33. The van der Waals surface area contributed by atoms with E-state index in [-0.39, 0.29) is 11.9 Å². The first-order chi connectivity index (χ1) is 15.2. The van der Waals surface area contributed by atoms with Gasteiger partial charge in [0.25, 0.3) is 5.91 Å². The van der Waals surface area contributed by atoms with E-state index in [1.165, 1.54) is 24.2 Å². The van der Waals surface area contributed by atoms with Gasteiger partial charge in [0.1, 0.15) is 4.88 Å². The predicted octanol–water partition coefficient (Wildman–Crippen LogP) is 4.02. The number of hydrogen-bond acceptors (Lipinski definition) is 6. The maximum absolute atomic E-state index is 13.6. The van der Waals surface area contributed by atoms with E-state index in [0.29, 0.717) is 23.0 Å². The normalized spacial score (nSPS) is 19.5. The minimum atomic E-state index is -3.48. The highest BCUT2D eigenvalue weighted by molar-refractivity contribution is 7.92. The third kappa shape index (κ3) is 4.13. The molecule has 1 N–H and O–H groups in total. The molecule has 5 rings (SSSR count). The first kappa shape index (κ1) is 21.4. The SMILES string of the molecule is Cc1cc(NS(C)(=O)=O)c(C(=O)N2CCCC[C@H]2c2cc3nc(C4CC4)cc(C)n3n2)s1. The predicted molar refractivity (Wildman–Crippen MR) is 125 cm³/mol. The number of nitrogens with one attached hydrogen (secondary N) is 1. The number of aromatic nitrogens is 3. The molecular formula is C22H27N5O3S2. The van der Waals surface area contributed by atoms with Gasteiger partial charge in [0.15, 0.2) is 5.65 Å². The van der Waals surface area contributed by atoms with Gasteiger partial charge in [0.2, 0.25) is 10.0 Å². The summed E-state index contributed by atoms with van der Waals surface area (Å²) < 4.78 is 28.0. The summed E-state index contributed by atoms with van der Waals surface area (Å²) in [5.74, 6) is 0.409. The summed E-state index contributed by atoms with van der Waals surface area (Å²) in [4.78, 5) is 21.6. The maximum Gasteiger partial charge on any atom is 0.266 e. The zero-order valence-electron chi connectivity index (χ0n) is 18.5. The number of rotatable bonds is 5. The molecule has 1 atom stereocenters. The molecule has 1 saturated heterocycles. The van der Waals surface area contributed by atoms with E-state index in [0.717, 1.165) is 53.1 Å². The molecule has 1 aliphatic heterocycles. The van der Waals surface area contributed by atoms with Crippen LogP contribution in [0.15, 0.2) is 18.2 Å². The molecule has 3 aromatic rings. The smallest absolute Gasteiger partial charge is 0.266 e. The zero-order chi connectivity index (χ0) is 22.6. The minimum absolute atomic E-state index is 0.153. The molecule has 1 amide bonds. The average molecular weight is 474 g/mol. The summed E-state index contributed by atoms with van der Waals surface area (Å²) in [6, 6.07) is 5.68. The van der Waals surface area contributed by atoms with Gasteiger partial charge < -0.3 is 4.90 Å². The molecule has 2 fully saturated rings. The van der Waals surface area contributed by atoms with Crippen LogP contribution in [-0.4, -0.2) is 46.6 Å². The van der Waals surface area contributed by atoms with Crippen LogP contribution in [-0.2, 0) is 10.0 Å². The molecule has 32 heavy (non-hydrogen) atoms. The number of carbonyl (C=O) groups is 1. The second-order valence-electron chi connectivity index (χ2n) is 8.92. The molecule has 0 radical (unpaired) electrons. The molecule has 10 heteroatoms. The number of hydrogen-bond donors (Lipinski definition) is 1. The van der Waals surface area contributed by atoms with E-state index in [1.54, 1.807) is 6.07 Å². The van der Waals surface area contributed by atoms with Gasteiger partial charge >= 0.3 is 0 Å². The lowest BCUT2D eigenvalue weighted by Crippen LogP contribution is -2.38. The van der Waals surface area contributed by atoms with E-state index < -0.39 is 10.0 Å². The van der Waals surface area contributed by atoms with Crippen LogP contribution in [0.1, 0.15) is 75.7 Å². The Morgan fingerprint density at radius 1 is 1.12 bits per heavy atom. The Labute approximate surface area is 191 Å². The van der Waals surface area contributed by atoms with Gasteiger partial charge in [-0.3, -0.25) is 9.52 Å². The van der Waals surface area contributed by atoms with Gasteiger partial charge in [-0.1, -0.05) is 0 Å². The molecule has 170 valence electrons. The average Bonchev–Trinajstić information content (AvgIpc) is 3.39. The van der Waals surface area contributed by atoms with Crippen LogP contribution in [0.25, 0.3) is 5.65 Å². The quantitative estimate of drug-likeness (QED) is 0.604. The number of piperidine rings is 1. The molecule has 1 saturated carbocycles. The number of carbonyl (C=O) groups excluding carboxylic acids is 1. The van der Waals surface area contributed by atoms with Crippen molar-refractivity contribution in [1.82, 2.24) is 19.5 Å². The molecule has 2 aliphatic rings. The molecule has 0 unspecified atom stereocenters. The fourth-order valence-electron chi connectivity index (χ4n) is 4.48. The van der Waals surface area contributed by atoms with Crippen LogP contribution in [0, 0.1) is 13.8 Å². The third-order valence-electron chi connectivity index (χ3n) is 6.09. The van der Waals surface area contributed by atoms with Crippen molar-refractivity contribution < 1.29 is 13.2 Å². The highest BCUT2D eigenvalue weighted by atomic mass is 32.2. The number of thiophene rings is 1. The Bertz CT molecular complexity index is 1310. The lowest BCUT2D eigenvalue weighted by atomic mass is 9.99. The van der Waals surface area contributed by atoms with Gasteiger partial charge in [-0.15, -0.1) is 11.3 Å². The number of amides is 1. The zero-order valence-corrected chi connectivity index (χ0v) is 20.1. The minimum Gasteiger partial charge on any atom is -0.329 e. The summed E-state index contributed by atoms with van der Waals surface area (Å²) in [6.07, 6.45) is 6.23. The van der Waals surface area contributed by atoms with Gasteiger partial charge in [-0.05, 0) is 58.1 Å². The van der Waals surface area contributed by atoms with Crippen LogP contribution < -0.4 is 4.72 Å². The fraction of sp³-hybridized carbons (Fsp3) is 0.500. The van der Waals surface area contributed by atoms with Gasteiger partial charge in [0, 0.05) is 34.8 Å². The summed E-state index contributed by atoms with van der Waals surface area (Å²) >= 11 is 1.32. The monoisotopic (exact) mass is 473 g/mol. The van der Waals surface area contributed by atoms with Crippen LogP contribution in [0.5, 0.6) is 0 Å². The number of sulfonamides is 1. The van der Waals surface area contributed by atoms with Crippen molar-refractivity contribution in [2.24, 2.45) is 0 Å². The maximum atomic E-state index is 13.6. The molecule has 0 aromatic carbocycles. The Morgan fingerprint density at radius 3 is 2.62 bits per heavy atom. The highest BCUT2D eigenvalue weighted by Crippen LogP contribution is 2.40. The van der Waals surface area contributed by atoms with Crippen LogP contribution in [0.2, 0.25) is 0 Å². The van der Waals surface area contributed by atoms with Crippen molar-refractivity contribution in [3.63, 3.8) is 0 Å². The van der Waals surface area contributed by atoms with Crippen molar-refractivity contribution >= 4 is 38.6 Å². The van der Waals surface area contributed by atoms with E-state index in [1.807, 2.05) is 29.3 Å².